The number of aromatic nitrogens is 2. The summed E-state index contributed by atoms with van der Waals surface area (Å²) in [6, 6.07) is 10.2. The number of ether oxygens (including phenoxy) is 1. The van der Waals surface area contributed by atoms with Crippen LogP contribution in [0.4, 0.5) is 0 Å². The van der Waals surface area contributed by atoms with Crippen molar-refractivity contribution in [3.63, 3.8) is 0 Å². The van der Waals surface area contributed by atoms with Gasteiger partial charge in [0.15, 0.2) is 5.01 Å². The molecule has 5 heteroatoms. The van der Waals surface area contributed by atoms with Gasteiger partial charge in [-0.05, 0) is 18.8 Å². The highest BCUT2D eigenvalue weighted by atomic mass is 32.1. The fourth-order valence-electron chi connectivity index (χ4n) is 4.63. The average Bonchev–Trinajstić information content (AvgIpc) is 3.00. The lowest BCUT2D eigenvalue weighted by Crippen LogP contribution is -2.61. The van der Waals surface area contributed by atoms with Crippen LogP contribution in [-0.2, 0) is 0 Å². The monoisotopic (exact) mass is 313 g/mol. The van der Waals surface area contributed by atoms with Crippen LogP contribution >= 0.6 is 11.3 Å². The van der Waals surface area contributed by atoms with Crippen molar-refractivity contribution in [1.82, 2.24) is 15.1 Å². The number of piperidine rings is 3. The van der Waals surface area contributed by atoms with Crippen LogP contribution in [0.25, 0.3) is 10.6 Å². The fraction of sp³-hybridized carbons (Fsp3) is 0.529. The summed E-state index contributed by atoms with van der Waals surface area (Å²) in [5.41, 5.74) is 1.12. The van der Waals surface area contributed by atoms with Gasteiger partial charge in [-0.2, -0.15) is 0 Å². The second kappa shape index (κ2) is 5.03. The molecule has 2 atom stereocenters. The molecule has 4 bridgehead atoms. The van der Waals surface area contributed by atoms with Crippen molar-refractivity contribution in [3.8, 4) is 15.8 Å². The van der Waals surface area contributed by atoms with Crippen molar-refractivity contribution in [1.29, 1.82) is 0 Å². The first-order chi connectivity index (χ1) is 10.8. The molecule has 0 radical (unpaired) electrons. The van der Waals surface area contributed by atoms with Crippen molar-refractivity contribution in [2.24, 2.45) is 17.8 Å². The predicted octanol–water partition coefficient (Wildman–Crippen LogP) is 2.92. The number of nitrogens with zero attached hydrogens (tertiary/aromatic N) is 3. The third kappa shape index (κ3) is 2.15. The fourth-order valence-corrected chi connectivity index (χ4v) is 5.37. The molecule has 1 aromatic carbocycles. The maximum Gasteiger partial charge on any atom is 0.294 e. The Labute approximate surface area is 134 Å². The molecular weight excluding hydrogens is 294 g/mol. The van der Waals surface area contributed by atoms with Gasteiger partial charge >= 0.3 is 0 Å². The van der Waals surface area contributed by atoms with Crippen LogP contribution in [0.15, 0.2) is 30.3 Å². The van der Waals surface area contributed by atoms with Crippen LogP contribution in [0, 0.1) is 17.8 Å². The maximum absolute atomic E-state index is 6.31. The summed E-state index contributed by atoms with van der Waals surface area (Å²) in [6.07, 6.45) is 3.02. The van der Waals surface area contributed by atoms with Crippen molar-refractivity contribution < 1.29 is 4.74 Å². The van der Waals surface area contributed by atoms with E-state index in [9.17, 15) is 0 Å². The zero-order valence-corrected chi connectivity index (χ0v) is 13.2. The summed E-state index contributed by atoms with van der Waals surface area (Å²) in [6.45, 7) is 3.74. The topological polar surface area (TPSA) is 38.3 Å². The van der Waals surface area contributed by atoms with E-state index in [1.54, 1.807) is 11.3 Å². The van der Waals surface area contributed by atoms with E-state index in [1.165, 1.54) is 32.5 Å². The Morgan fingerprint density at radius 3 is 2.50 bits per heavy atom. The number of rotatable bonds is 3. The first-order valence-electron chi connectivity index (χ1n) is 8.13. The standard InChI is InChI=1S/C17H19N3OS/c1-2-4-12(5-3-1)16-18-19-17(22-16)21-15-13-6-11-7-14(15)10-20(8-11)9-13/h1-5,11,13-15H,6-10H2/t11?,13-,14-,15?/m1/s1. The van der Waals surface area contributed by atoms with Gasteiger partial charge in [-0.15, -0.1) is 5.10 Å². The van der Waals surface area contributed by atoms with E-state index < -0.39 is 0 Å². The van der Waals surface area contributed by atoms with Crippen LogP contribution in [0.1, 0.15) is 12.8 Å². The lowest BCUT2D eigenvalue weighted by molar-refractivity contribution is -0.0986. The van der Waals surface area contributed by atoms with Crippen molar-refractivity contribution in [2.45, 2.75) is 18.9 Å². The average molecular weight is 313 g/mol. The molecule has 6 rings (SSSR count). The minimum Gasteiger partial charge on any atom is -0.465 e. The zero-order chi connectivity index (χ0) is 14.5. The molecule has 0 spiro atoms. The summed E-state index contributed by atoms with van der Waals surface area (Å²) in [7, 11) is 0. The quantitative estimate of drug-likeness (QED) is 0.873. The van der Waals surface area contributed by atoms with Gasteiger partial charge in [-0.3, -0.25) is 0 Å². The van der Waals surface area contributed by atoms with Gasteiger partial charge in [-0.25, -0.2) is 0 Å². The zero-order valence-electron chi connectivity index (χ0n) is 12.4. The first-order valence-corrected chi connectivity index (χ1v) is 8.95. The van der Waals surface area contributed by atoms with Gasteiger partial charge in [0.25, 0.3) is 5.19 Å². The highest BCUT2D eigenvalue weighted by Crippen LogP contribution is 2.45. The predicted molar refractivity (Wildman–Crippen MR) is 85.9 cm³/mol. The van der Waals surface area contributed by atoms with Gasteiger partial charge in [0.05, 0.1) is 0 Å². The second-order valence-electron chi connectivity index (χ2n) is 6.90. The lowest BCUT2D eigenvalue weighted by atomic mass is 9.66. The van der Waals surface area contributed by atoms with Crippen molar-refractivity contribution >= 4 is 11.3 Å². The van der Waals surface area contributed by atoms with Crippen LogP contribution < -0.4 is 4.74 Å². The molecule has 0 amide bonds. The molecule has 1 saturated carbocycles. The number of benzene rings is 1. The molecule has 2 aromatic rings. The van der Waals surface area contributed by atoms with Crippen LogP contribution in [0.3, 0.4) is 0 Å². The van der Waals surface area contributed by atoms with E-state index in [4.69, 9.17) is 4.74 Å². The van der Waals surface area contributed by atoms with Gasteiger partial charge in [0, 0.05) is 37.0 Å². The highest BCUT2D eigenvalue weighted by molar-refractivity contribution is 7.16. The molecule has 114 valence electrons. The summed E-state index contributed by atoms with van der Waals surface area (Å²) >= 11 is 1.57. The van der Waals surface area contributed by atoms with Crippen LogP contribution in [-0.4, -0.2) is 40.8 Å². The molecule has 22 heavy (non-hydrogen) atoms. The summed E-state index contributed by atoms with van der Waals surface area (Å²) < 4.78 is 6.31. The summed E-state index contributed by atoms with van der Waals surface area (Å²) in [5, 5.41) is 10.3. The van der Waals surface area contributed by atoms with Gasteiger partial charge in [-0.1, -0.05) is 46.8 Å². The Morgan fingerprint density at radius 1 is 1.00 bits per heavy atom. The normalized spacial score (nSPS) is 35.7. The van der Waals surface area contributed by atoms with E-state index in [0.29, 0.717) is 17.9 Å². The highest BCUT2D eigenvalue weighted by Gasteiger charge is 2.49. The van der Waals surface area contributed by atoms with E-state index in [1.807, 2.05) is 18.2 Å². The largest absolute Gasteiger partial charge is 0.465 e. The van der Waals surface area contributed by atoms with E-state index >= 15 is 0 Å². The lowest BCUT2D eigenvalue weighted by Gasteiger charge is -2.54. The van der Waals surface area contributed by atoms with E-state index in [-0.39, 0.29) is 0 Å². The molecule has 4 heterocycles. The van der Waals surface area contributed by atoms with E-state index in [0.717, 1.165) is 21.7 Å². The third-order valence-corrected chi connectivity index (χ3v) is 6.23. The minimum absolute atomic E-state index is 0.351. The summed E-state index contributed by atoms with van der Waals surface area (Å²) in [4.78, 5) is 2.63. The van der Waals surface area contributed by atoms with E-state index in [2.05, 4.69) is 27.2 Å². The van der Waals surface area contributed by atoms with Crippen molar-refractivity contribution in [2.75, 3.05) is 19.6 Å². The van der Waals surface area contributed by atoms with Crippen LogP contribution in [0.5, 0.6) is 5.19 Å². The van der Waals surface area contributed by atoms with Gasteiger partial charge in [0.1, 0.15) is 6.10 Å². The molecule has 4 nitrogen and oxygen atoms in total. The Hall–Kier alpha value is -1.46. The maximum atomic E-state index is 6.31. The van der Waals surface area contributed by atoms with Crippen LogP contribution in [0.2, 0.25) is 0 Å². The molecule has 3 aliphatic heterocycles. The third-order valence-electron chi connectivity index (χ3n) is 5.37. The Morgan fingerprint density at radius 2 is 1.77 bits per heavy atom. The number of hydrogen-bond donors (Lipinski definition) is 0. The minimum atomic E-state index is 0.351. The smallest absolute Gasteiger partial charge is 0.294 e. The molecule has 4 fully saturated rings. The Balaban J connectivity index is 1.35. The second-order valence-corrected chi connectivity index (χ2v) is 7.84. The Bertz CT molecular complexity index is 644. The molecule has 3 saturated heterocycles. The molecule has 1 aromatic heterocycles. The molecule has 1 aliphatic carbocycles. The molecule has 0 unspecified atom stereocenters. The first kappa shape index (κ1) is 13.0. The SMILES string of the molecule is c1ccc(-c2nnc(OC3[C@@H]4CC5C[C@@H]3CN(C5)C4)s2)cc1. The number of hydrogen-bond acceptors (Lipinski definition) is 5. The van der Waals surface area contributed by atoms with Gasteiger partial charge in [0.2, 0.25) is 0 Å². The molecular formula is C17H19N3OS. The summed E-state index contributed by atoms with van der Waals surface area (Å²) in [5.74, 6) is 2.29. The molecule has 0 N–H and O–H groups in total. The Kier molecular flexibility index (Phi) is 2.98. The molecule has 4 aliphatic rings. The van der Waals surface area contributed by atoms with Gasteiger partial charge < -0.3 is 9.64 Å². The van der Waals surface area contributed by atoms with Crippen molar-refractivity contribution in [3.05, 3.63) is 30.3 Å².